The van der Waals surface area contributed by atoms with E-state index in [1.54, 1.807) is 91.8 Å². The van der Waals surface area contributed by atoms with Crippen LogP contribution in [0.4, 0.5) is 34.1 Å². The molecule has 15 aromatic carbocycles. The van der Waals surface area contributed by atoms with Gasteiger partial charge in [-0.05, 0) is 264 Å². The summed E-state index contributed by atoms with van der Waals surface area (Å²) in [4.78, 5) is 69.3. The summed E-state index contributed by atoms with van der Waals surface area (Å²) in [6, 6.07) is 42.0. The number of para-hydroxylation sites is 2. The summed E-state index contributed by atoms with van der Waals surface area (Å²) in [5, 5.41) is -3.56. The fourth-order valence-electron chi connectivity index (χ4n) is 18.9. The summed E-state index contributed by atoms with van der Waals surface area (Å²) in [5.41, 5.74) is -3.23. The summed E-state index contributed by atoms with van der Waals surface area (Å²) >= 11 is 0. The van der Waals surface area contributed by atoms with Crippen molar-refractivity contribution in [2.75, 3.05) is 28.7 Å². The molecule has 0 fully saturated rings. The van der Waals surface area contributed by atoms with Crippen LogP contribution in [0.15, 0.2) is 226 Å². The van der Waals surface area contributed by atoms with Crippen molar-refractivity contribution < 1.29 is 141 Å². The Morgan fingerprint density at radius 1 is 0.247 bits per heavy atom. The molecule has 0 aromatic heterocycles. The maximum Gasteiger partial charge on any atom is 0.357 e. The second-order valence-electron chi connectivity index (χ2n) is 36.7. The van der Waals surface area contributed by atoms with E-state index in [1.165, 1.54) is 76.2 Å². The minimum Gasteiger partial charge on any atom is -0.456 e. The van der Waals surface area contributed by atoms with E-state index in [9.17, 15) is 85.6 Å². The molecule has 2 aliphatic heterocycles. The van der Waals surface area contributed by atoms with Crippen LogP contribution in [0.5, 0.6) is 46.0 Å². The zero-order valence-corrected chi connectivity index (χ0v) is 87.2. The molecular weight excluding hydrogens is 2110 g/mol. The van der Waals surface area contributed by atoms with Crippen LogP contribution < -0.4 is 71.2 Å². The van der Waals surface area contributed by atoms with Gasteiger partial charge in [-0.15, -0.1) is 0 Å². The average molecular weight is 2200 g/mol. The van der Waals surface area contributed by atoms with Gasteiger partial charge in [-0.3, -0.25) is 56.3 Å². The molecule has 42 nitrogen and oxygen atoms in total. The van der Waals surface area contributed by atoms with Gasteiger partial charge < -0.3 is 18.9 Å². The maximum atomic E-state index is 17.6. The zero-order chi connectivity index (χ0) is 109. The highest BCUT2D eigenvalue weighted by Gasteiger charge is 2.46. The summed E-state index contributed by atoms with van der Waals surface area (Å²) < 4.78 is 316. The Hall–Kier alpha value is -14.6. The number of carbonyl (C=O) groups is 4. The minimum atomic E-state index is -5.26. The van der Waals surface area contributed by atoms with Gasteiger partial charge >= 0.3 is 81.7 Å². The molecule has 150 heavy (non-hydrogen) atoms. The second kappa shape index (κ2) is 39.1. The monoisotopic (exact) mass is 2200 g/mol. The third-order valence-electron chi connectivity index (χ3n) is 24.9. The van der Waals surface area contributed by atoms with Crippen LogP contribution >= 0.6 is 0 Å². The molecule has 0 bridgehead atoms. The fourth-order valence-corrected chi connectivity index (χ4v) is 23.3. The van der Waals surface area contributed by atoms with Crippen molar-refractivity contribution in [2.24, 2.45) is 23.6 Å². The molecule has 0 saturated heterocycles. The van der Waals surface area contributed by atoms with Crippen LogP contribution in [-0.2, 0) is 98.8 Å². The zero-order valence-electron chi connectivity index (χ0n) is 80.6. The molecule has 0 spiro atoms. The van der Waals surface area contributed by atoms with E-state index in [0.29, 0.717) is 22.3 Å². The topological polar surface area (TPSA) is 655 Å². The molecule has 780 valence electrons. The number of carbonyl (C=O) groups excluding carboxylic acids is 4. The Bertz CT molecular complexity index is 8820. The molecule has 0 saturated carbocycles. The van der Waals surface area contributed by atoms with Crippen LogP contribution in [0.3, 0.4) is 0 Å². The van der Waals surface area contributed by atoms with Crippen molar-refractivity contribution in [1.29, 1.82) is 0 Å². The number of fused-ring (bicyclic) bond motifs is 2. The quantitative estimate of drug-likeness (QED) is 0.00586. The lowest BCUT2D eigenvalue weighted by Gasteiger charge is -2.35. The molecule has 0 radical (unpaired) electrons. The lowest BCUT2D eigenvalue weighted by molar-refractivity contribution is 0.0877. The SMILES string of the molecule is Cc1cc(NS(=O)(=O)O)cc(-c2cc(NS(=O)(=O)O)ccc2Oc2cc3c4c(cc(Oc5ccc(S(=O)(=O)ON)cc5-c5cc(C)cc(S(=O)(=O)ON)c5)c5c6c(Oc7ccc(S(=O)(=O)ON)cc7-c7cc(C)cc(S(=O)(=O)ON)c7)cc7c8c(cc(Oc9ccc(NS(=O)(=O)O)cc9-c9cc(C)cc(NS(=O)(=O)O)c9)c(c2c45)c86)C(=O)N(c2c(C(C)C)cccc2C(C)C)C7=O)C(=O)N(c2c(C(C)C)cccc2C(C)C)C3=O)c1. The molecule has 15 aromatic rings. The van der Waals surface area contributed by atoms with Crippen LogP contribution in [-0.4, -0.2) is 109 Å². The Kier molecular flexibility index (Phi) is 27.8. The van der Waals surface area contributed by atoms with Gasteiger partial charge in [-0.2, -0.15) is 108 Å². The smallest absolute Gasteiger partial charge is 0.357 e. The predicted octanol–water partition coefficient (Wildman–Crippen LogP) is 18.1. The number of imide groups is 2. The average Bonchev–Trinajstić information content (AvgIpc) is 0.665. The van der Waals surface area contributed by atoms with E-state index in [-0.39, 0.29) is 78.4 Å². The first-order valence-corrected chi connectivity index (χ1v) is 56.3. The summed E-state index contributed by atoms with van der Waals surface area (Å²) in [7, 11) is -40.9. The van der Waals surface area contributed by atoms with Crippen molar-refractivity contribution in [3.63, 3.8) is 0 Å². The normalized spacial score (nSPS) is 13.5. The number of benzene rings is 15. The molecule has 0 atom stereocenters. The summed E-state index contributed by atoms with van der Waals surface area (Å²) in [6.07, 6.45) is 0. The molecular formula is C100H90N10O32S8. The molecule has 0 aliphatic carbocycles. The maximum absolute atomic E-state index is 17.6. The molecule has 50 heteroatoms. The summed E-state index contributed by atoms with van der Waals surface area (Å²) in [5.74, 6) is 10.7. The number of amides is 4. The third-order valence-corrected chi connectivity index (χ3v) is 31.2. The van der Waals surface area contributed by atoms with Gasteiger partial charge in [0.1, 0.15) is 46.0 Å². The van der Waals surface area contributed by atoms with E-state index in [1.807, 2.05) is 18.9 Å². The second-order valence-corrected chi connectivity index (χ2v) is 47.6. The van der Waals surface area contributed by atoms with E-state index in [4.69, 9.17) is 42.5 Å². The van der Waals surface area contributed by atoms with Crippen LogP contribution in [0.2, 0.25) is 0 Å². The van der Waals surface area contributed by atoms with Gasteiger partial charge in [0.2, 0.25) is 0 Å². The highest BCUT2D eigenvalue weighted by molar-refractivity contribution is 7.88. The fraction of sp³-hybridized carbons (Fsp3) is 0.160. The molecule has 16 N–H and O–H groups in total. The number of hydrogen-bond donors (Lipinski definition) is 12. The van der Waals surface area contributed by atoms with Gasteiger partial charge in [-0.1, -0.05) is 116 Å². The van der Waals surface area contributed by atoms with E-state index in [0.717, 1.165) is 131 Å². The van der Waals surface area contributed by atoms with Crippen LogP contribution in [0.1, 0.15) is 165 Å². The van der Waals surface area contributed by atoms with E-state index < -0.39 is 282 Å². The third kappa shape index (κ3) is 20.5. The number of hydrogen-bond acceptors (Lipinski definition) is 32. The summed E-state index contributed by atoms with van der Waals surface area (Å²) in [6.45, 7) is 20.1. The molecule has 2 aliphatic rings. The van der Waals surface area contributed by atoms with Crippen molar-refractivity contribution >= 4 is 183 Å². The first-order chi connectivity index (χ1) is 70.2. The molecule has 17 rings (SSSR count). The molecule has 4 amide bonds. The number of nitrogens with two attached hydrogens (primary N) is 4. The Balaban J connectivity index is 1.18. The Labute approximate surface area is 859 Å². The molecule has 0 unspecified atom stereocenters. The first-order valence-electron chi connectivity index (χ1n) is 44.9. The largest absolute Gasteiger partial charge is 0.456 e. The highest BCUT2D eigenvalue weighted by atomic mass is 32.3. The van der Waals surface area contributed by atoms with E-state index in [2.05, 4.69) is 17.1 Å². The minimum absolute atomic E-state index is 0.0351. The number of aryl methyl sites for hydroxylation is 4. The van der Waals surface area contributed by atoms with E-state index >= 15 is 19.2 Å². The number of rotatable bonds is 34. The first kappa shape index (κ1) is 107. The highest BCUT2D eigenvalue weighted by Crippen LogP contribution is 2.61. The number of nitrogens with zero attached hydrogens (tertiary/aromatic N) is 2. The van der Waals surface area contributed by atoms with Gasteiger partial charge in [0.05, 0.1) is 76.0 Å². The van der Waals surface area contributed by atoms with Gasteiger partial charge in [0.25, 0.3) is 23.6 Å². The van der Waals surface area contributed by atoms with Crippen LogP contribution in [0, 0.1) is 27.7 Å². The lowest BCUT2D eigenvalue weighted by Crippen LogP contribution is -2.42. The van der Waals surface area contributed by atoms with Gasteiger partial charge in [-0.25, -0.2) is 9.80 Å². The van der Waals surface area contributed by atoms with Crippen molar-refractivity contribution in [2.45, 2.75) is 126 Å². The number of anilines is 6. The van der Waals surface area contributed by atoms with Crippen molar-refractivity contribution in [3.8, 4) is 90.5 Å². The van der Waals surface area contributed by atoms with Gasteiger partial charge in [0, 0.05) is 65.3 Å². The van der Waals surface area contributed by atoms with Crippen molar-refractivity contribution in [1.82, 2.24) is 0 Å². The lowest BCUT2D eigenvalue weighted by atomic mass is 9.80. The van der Waals surface area contributed by atoms with Crippen LogP contribution in [0.25, 0.3) is 87.6 Å². The number of ether oxygens (including phenoxy) is 4. The number of nitrogens with one attached hydrogen (secondary N) is 4. The molecule has 2 heterocycles. The standard InChI is InChI=1S/C100H90N10O32S8/c1-47(2)67-15-13-16-68(48(3)4)95(67)109-97(111)75-43-83(135-79-23-19-59(105-147(123,124)125)39-71(79)55-27-51(9)31-61(35-55)107-149(129,130)131)89-90-84(136-80-24-20-60(106-148(126,127)128)40-72(80)56-28-52(10)32-62(36-56)108-150(132,133)134)44-76-88-78(100(114)110(98(76)112)96-69(49(5)6)17-14-18-70(96)50(7)8)46-86(138-82-26-22-64(144(117,118)140-102)42-74(82)58-30-54(12)34-66(38-58)146(121,122)142-104)92(94(88)90)91-85(45-77(99(109)113)87(75)93(89)91)137-81-25-21-63(143(115,116)139-101)41-73(81)57-29-53(11)33-65(37-57)145(119,120)141-103/h13-50,105-108H,101-104H2,1-12H3,(H,123,124,125)(H,126,127,128)(H,129,130,131)(H,132,133,134). The van der Waals surface area contributed by atoms with Gasteiger partial charge in [0.15, 0.2) is 0 Å². The predicted molar refractivity (Wildman–Crippen MR) is 556 cm³/mol. The van der Waals surface area contributed by atoms with Crippen molar-refractivity contribution in [3.05, 3.63) is 273 Å². The Morgan fingerprint density at radius 3 is 0.747 bits per heavy atom. The Morgan fingerprint density at radius 2 is 0.487 bits per heavy atom.